The summed E-state index contributed by atoms with van der Waals surface area (Å²) in [7, 11) is 0. The molecule has 2 N–H and O–H groups in total. The first-order valence-corrected chi connectivity index (χ1v) is 8.40. The smallest absolute Gasteiger partial charge is 0.319 e. The van der Waals surface area contributed by atoms with Crippen LogP contribution in [0.15, 0.2) is 54.6 Å². The van der Waals surface area contributed by atoms with Crippen molar-refractivity contribution in [2.24, 2.45) is 0 Å². The molecule has 1 aliphatic heterocycles. The van der Waals surface area contributed by atoms with E-state index in [1.807, 2.05) is 18.2 Å². The van der Waals surface area contributed by atoms with Gasteiger partial charge < -0.3 is 15.4 Å². The van der Waals surface area contributed by atoms with Crippen molar-refractivity contribution in [2.75, 3.05) is 38.2 Å². The summed E-state index contributed by atoms with van der Waals surface area (Å²) in [6, 6.07) is 15.8. The van der Waals surface area contributed by atoms with Crippen LogP contribution in [0.3, 0.4) is 0 Å². The molecule has 2 aromatic carbocycles. The second-order valence-corrected chi connectivity index (χ2v) is 5.89. The lowest BCUT2D eigenvalue weighted by atomic mass is 10.0. The quantitative estimate of drug-likeness (QED) is 0.877. The molecule has 2 aromatic rings. The number of urea groups is 1. The van der Waals surface area contributed by atoms with Gasteiger partial charge in [-0.2, -0.15) is 0 Å². The summed E-state index contributed by atoms with van der Waals surface area (Å²) in [5.41, 5.74) is 1.30. The highest BCUT2D eigenvalue weighted by atomic mass is 19.1. The van der Waals surface area contributed by atoms with E-state index in [4.69, 9.17) is 4.74 Å². The third-order valence-electron chi connectivity index (χ3n) is 4.25. The molecule has 5 nitrogen and oxygen atoms in total. The van der Waals surface area contributed by atoms with E-state index in [-0.39, 0.29) is 11.7 Å². The standard InChI is InChI=1S/C19H22FN3O2/c20-16-8-4-5-9-17(16)22-19(24)21-14-18(15-6-2-1-3-7-15)23-10-12-25-13-11-23/h1-9,18H,10-14H2,(H2,21,22,24). The molecule has 1 fully saturated rings. The number of halogens is 1. The first-order chi connectivity index (χ1) is 12.2. The van der Waals surface area contributed by atoms with E-state index >= 15 is 0 Å². The first kappa shape index (κ1) is 17.4. The number of carbonyl (C=O) groups is 1. The Labute approximate surface area is 146 Å². The number of morpholine rings is 1. The zero-order valence-corrected chi connectivity index (χ0v) is 14.0. The van der Waals surface area contributed by atoms with Crippen LogP contribution in [-0.2, 0) is 4.74 Å². The van der Waals surface area contributed by atoms with Gasteiger partial charge in [-0.1, -0.05) is 42.5 Å². The molecule has 1 atom stereocenters. The van der Waals surface area contributed by atoms with E-state index in [9.17, 15) is 9.18 Å². The minimum Gasteiger partial charge on any atom is -0.379 e. The number of amides is 2. The molecule has 0 radical (unpaired) electrons. The Morgan fingerprint density at radius 2 is 1.76 bits per heavy atom. The van der Waals surface area contributed by atoms with Gasteiger partial charge in [-0.3, -0.25) is 4.90 Å². The highest BCUT2D eigenvalue weighted by Gasteiger charge is 2.23. The zero-order valence-electron chi connectivity index (χ0n) is 14.0. The number of hydrogen-bond donors (Lipinski definition) is 2. The van der Waals surface area contributed by atoms with Crippen molar-refractivity contribution in [1.29, 1.82) is 0 Å². The third-order valence-corrected chi connectivity index (χ3v) is 4.25. The third kappa shape index (κ3) is 4.78. The number of carbonyl (C=O) groups excluding carboxylic acids is 1. The van der Waals surface area contributed by atoms with Gasteiger partial charge in [0.15, 0.2) is 0 Å². The molecule has 132 valence electrons. The molecular formula is C19H22FN3O2. The maximum absolute atomic E-state index is 13.6. The molecule has 0 bridgehead atoms. The Hall–Kier alpha value is -2.44. The van der Waals surface area contributed by atoms with Crippen LogP contribution >= 0.6 is 0 Å². The van der Waals surface area contributed by atoms with Gasteiger partial charge in [0.25, 0.3) is 0 Å². The molecule has 0 spiro atoms. The number of rotatable bonds is 5. The molecule has 6 heteroatoms. The van der Waals surface area contributed by atoms with Gasteiger partial charge in [-0.05, 0) is 17.7 Å². The SMILES string of the molecule is O=C(NCC(c1ccccc1)N1CCOCC1)Nc1ccccc1F. The topological polar surface area (TPSA) is 53.6 Å². The molecule has 1 unspecified atom stereocenters. The van der Waals surface area contributed by atoms with Crippen molar-refractivity contribution < 1.29 is 13.9 Å². The van der Waals surface area contributed by atoms with Gasteiger partial charge >= 0.3 is 6.03 Å². The van der Waals surface area contributed by atoms with Gasteiger partial charge in [-0.25, -0.2) is 9.18 Å². The van der Waals surface area contributed by atoms with Crippen molar-refractivity contribution in [3.63, 3.8) is 0 Å². The molecular weight excluding hydrogens is 321 g/mol. The van der Waals surface area contributed by atoms with E-state index in [0.29, 0.717) is 19.8 Å². The van der Waals surface area contributed by atoms with E-state index < -0.39 is 11.8 Å². The fourth-order valence-corrected chi connectivity index (χ4v) is 2.94. The average molecular weight is 343 g/mol. The lowest BCUT2D eigenvalue weighted by molar-refractivity contribution is 0.0168. The maximum Gasteiger partial charge on any atom is 0.319 e. The number of anilines is 1. The Bertz CT molecular complexity index is 690. The Kier molecular flexibility index (Phi) is 5.98. The van der Waals surface area contributed by atoms with E-state index in [1.54, 1.807) is 12.1 Å². The van der Waals surface area contributed by atoms with Crippen LogP contribution in [0.4, 0.5) is 14.9 Å². The maximum atomic E-state index is 13.6. The number of nitrogens with zero attached hydrogens (tertiary/aromatic N) is 1. The molecule has 0 saturated carbocycles. The van der Waals surface area contributed by atoms with Gasteiger partial charge in [0.2, 0.25) is 0 Å². The number of para-hydroxylation sites is 1. The van der Waals surface area contributed by atoms with E-state index in [2.05, 4.69) is 27.7 Å². The van der Waals surface area contributed by atoms with Crippen molar-refractivity contribution in [3.8, 4) is 0 Å². The lowest BCUT2D eigenvalue weighted by Gasteiger charge is -2.34. The molecule has 1 heterocycles. The van der Waals surface area contributed by atoms with Crippen molar-refractivity contribution in [3.05, 3.63) is 66.0 Å². The second-order valence-electron chi connectivity index (χ2n) is 5.89. The monoisotopic (exact) mass is 343 g/mol. The van der Waals surface area contributed by atoms with Gasteiger partial charge in [-0.15, -0.1) is 0 Å². The second kappa shape index (κ2) is 8.60. The van der Waals surface area contributed by atoms with Crippen LogP contribution < -0.4 is 10.6 Å². The van der Waals surface area contributed by atoms with Gasteiger partial charge in [0.05, 0.1) is 24.9 Å². The summed E-state index contributed by atoms with van der Waals surface area (Å²) >= 11 is 0. The zero-order chi connectivity index (χ0) is 17.5. The van der Waals surface area contributed by atoms with Gasteiger partial charge in [0, 0.05) is 19.6 Å². The summed E-state index contributed by atoms with van der Waals surface area (Å²) in [6.45, 7) is 3.44. The summed E-state index contributed by atoms with van der Waals surface area (Å²) in [6.07, 6.45) is 0. The molecule has 25 heavy (non-hydrogen) atoms. The summed E-state index contributed by atoms with van der Waals surface area (Å²) in [5.74, 6) is -0.453. The minimum atomic E-state index is -0.453. The summed E-state index contributed by atoms with van der Waals surface area (Å²) in [4.78, 5) is 14.4. The largest absolute Gasteiger partial charge is 0.379 e. The van der Waals surface area contributed by atoms with Crippen LogP contribution in [0, 0.1) is 5.82 Å². The fourth-order valence-electron chi connectivity index (χ4n) is 2.94. The fraction of sp³-hybridized carbons (Fsp3) is 0.316. The van der Waals surface area contributed by atoms with Crippen LogP contribution in [-0.4, -0.2) is 43.8 Å². The Morgan fingerprint density at radius 1 is 1.08 bits per heavy atom. The molecule has 1 aliphatic rings. The first-order valence-electron chi connectivity index (χ1n) is 8.40. The van der Waals surface area contributed by atoms with Crippen LogP contribution in [0.1, 0.15) is 11.6 Å². The molecule has 0 aromatic heterocycles. The Balaban J connectivity index is 1.64. The molecule has 0 aliphatic carbocycles. The van der Waals surface area contributed by atoms with Gasteiger partial charge in [0.1, 0.15) is 5.82 Å². The number of ether oxygens (including phenoxy) is 1. The van der Waals surface area contributed by atoms with E-state index in [0.717, 1.165) is 18.7 Å². The molecule has 2 amide bonds. The highest BCUT2D eigenvalue weighted by Crippen LogP contribution is 2.21. The molecule has 3 rings (SSSR count). The van der Waals surface area contributed by atoms with Crippen LogP contribution in [0.2, 0.25) is 0 Å². The van der Waals surface area contributed by atoms with E-state index in [1.165, 1.54) is 12.1 Å². The molecule has 1 saturated heterocycles. The lowest BCUT2D eigenvalue weighted by Crippen LogP contribution is -2.44. The minimum absolute atomic E-state index is 0.0523. The Morgan fingerprint density at radius 3 is 2.48 bits per heavy atom. The predicted molar refractivity (Wildman–Crippen MR) is 95.0 cm³/mol. The number of nitrogens with one attached hydrogen (secondary N) is 2. The average Bonchev–Trinajstić information content (AvgIpc) is 2.66. The normalized spacial score (nSPS) is 16.2. The van der Waals surface area contributed by atoms with Crippen molar-refractivity contribution >= 4 is 11.7 Å². The summed E-state index contributed by atoms with van der Waals surface area (Å²) < 4.78 is 19.1. The highest BCUT2D eigenvalue weighted by molar-refractivity contribution is 5.89. The van der Waals surface area contributed by atoms with Crippen molar-refractivity contribution in [2.45, 2.75) is 6.04 Å². The summed E-state index contributed by atoms with van der Waals surface area (Å²) in [5, 5.41) is 5.41. The number of hydrogen-bond acceptors (Lipinski definition) is 3. The van der Waals surface area contributed by atoms with Crippen LogP contribution in [0.5, 0.6) is 0 Å². The van der Waals surface area contributed by atoms with Crippen LogP contribution in [0.25, 0.3) is 0 Å². The van der Waals surface area contributed by atoms with Crippen molar-refractivity contribution in [1.82, 2.24) is 10.2 Å². The number of benzene rings is 2. The predicted octanol–water partition coefficient (Wildman–Crippen LogP) is 3.02.